The highest BCUT2D eigenvalue weighted by molar-refractivity contribution is 5.82. The summed E-state index contributed by atoms with van der Waals surface area (Å²) in [5.41, 5.74) is 3.55. The van der Waals surface area contributed by atoms with Crippen molar-refractivity contribution >= 4 is 11.9 Å². The van der Waals surface area contributed by atoms with Crippen LogP contribution in [0.4, 0.5) is 0 Å². The molecular weight excluding hydrogens is 268 g/mol. The molecule has 2 N–H and O–H groups in total. The number of carboxylic acid groups (broad SMARTS) is 2. The second kappa shape index (κ2) is 4.86. The maximum atomic E-state index is 11.6. The van der Waals surface area contributed by atoms with Gasteiger partial charge in [0.05, 0.1) is 11.8 Å². The van der Waals surface area contributed by atoms with Gasteiger partial charge in [0, 0.05) is 0 Å². The van der Waals surface area contributed by atoms with Crippen LogP contribution in [0.3, 0.4) is 0 Å². The van der Waals surface area contributed by atoms with E-state index in [1.807, 2.05) is 13.8 Å². The van der Waals surface area contributed by atoms with Crippen molar-refractivity contribution in [3.05, 3.63) is 34.9 Å². The van der Waals surface area contributed by atoms with Gasteiger partial charge < -0.3 is 10.2 Å². The molecule has 0 unspecified atom stereocenters. The summed E-state index contributed by atoms with van der Waals surface area (Å²) in [5, 5.41) is 18.8. The number of rotatable bonds is 3. The number of benzene rings is 1. The van der Waals surface area contributed by atoms with Gasteiger partial charge in [-0.2, -0.15) is 0 Å². The zero-order valence-electron chi connectivity index (χ0n) is 12.2. The number of aliphatic carboxylic acids is 2. The van der Waals surface area contributed by atoms with Crippen LogP contribution in [-0.2, 0) is 9.59 Å². The summed E-state index contributed by atoms with van der Waals surface area (Å²) in [6, 6.07) is 6.26. The van der Waals surface area contributed by atoms with Gasteiger partial charge in [-0.15, -0.1) is 0 Å². The van der Waals surface area contributed by atoms with Gasteiger partial charge in [0.15, 0.2) is 0 Å². The van der Waals surface area contributed by atoms with E-state index in [1.165, 1.54) is 16.7 Å². The number of fused-ring (bicyclic) bond motifs is 2. The zero-order chi connectivity index (χ0) is 15.3. The quantitative estimate of drug-likeness (QED) is 0.897. The van der Waals surface area contributed by atoms with E-state index in [-0.39, 0.29) is 17.8 Å². The van der Waals surface area contributed by atoms with E-state index < -0.39 is 23.8 Å². The first kappa shape index (κ1) is 14.1. The third-order valence-corrected chi connectivity index (χ3v) is 5.41. The van der Waals surface area contributed by atoms with Crippen LogP contribution in [0.1, 0.15) is 35.4 Å². The number of hydrogen-bond donors (Lipinski definition) is 2. The van der Waals surface area contributed by atoms with Gasteiger partial charge in [-0.1, -0.05) is 23.8 Å². The van der Waals surface area contributed by atoms with Crippen molar-refractivity contribution in [2.45, 2.75) is 32.6 Å². The Bertz CT molecular complexity index is 607. The van der Waals surface area contributed by atoms with Crippen molar-refractivity contribution in [3.63, 3.8) is 0 Å². The molecular formula is C17H20O4. The Labute approximate surface area is 123 Å². The van der Waals surface area contributed by atoms with Crippen LogP contribution in [0, 0.1) is 37.5 Å². The van der Waals surface area contributed by atoms with Crippen LogP contribution in [0.25, 0.3) is 0 Å². The normalized spacial score (nSPS) is 34.1. The van der Waals surface area contributed by atoms with Crippen molar-refractivity contribution in [3.8, 4) is 0 Å². The summed E-state index contributed by atoms with van der Waals surface area (Å²) in [5.74, 6) is -3.22. The lowest BCUT2D eigenvalue weighted by atomic mass is 9.71. The number of carbonyl (C=O) groups is 2. The molecule has 0 aliphatic heterocycles. The standard InChI is InChI=1S/C17H20O4/c1-8-3-4-9(2)11(5-8)12-6-10-7-13(12)15(17(20)21)14(10)16(18)19/h3-5,10,12-15H,6-7H2,1-2H3,(H,18,19)(H,20,21)/t10-,12-,13+,14-,15-/m0/s1. The molecule has 0 aromatic heterocycles. The average molecular weight is 288 g/mol. The molecule has 2 aliphatic rings. The molecule has 4 heteroatoms. The van der Waals surface area contributed by atoms with E-state index in [0.717, 1.165) is 12.8 Å². The molecule has 0 radical (unpaired) electrons. The third-order valence-electron chi connectivity index (χ3n) is 5.41. The highest BCUT2D eigenvalue weighted by atomic mass is 16.4. The minimum absolute atomic E-state index is 0.00138. The monoisotopic (exact) mass is 288 g/mol. The molecule has 0 saturated heterocycles. The molecule has 2 fully saturated rings. The van der Waals surface area contributed by atoms with E-state index in [9.17, 15) is 19.8 Å². The van der Waals surface area contributed by atoms with Crippen molar-refractivity contribution in [2.24, 2.45) is 23.7 Å². The first-order valence-corrected chi connectivity index (χ1v) is 7.43. The van der Waals surface area contributed by atoms with Gasteiger partial charge in [0.2, 0.25) is 0 Å². The summed E-state index contributed by atoms with van der Waals surface area (Å²) in [6.07, 6.45) is 1.53. The summed E-state index contributed by atoms with van der Waals surface area (Å²) in [6.45, 7) is 4.08. The highest BCUT2D eigenvalue weighted by Gasteiger charge is 2.58. The van der Waals surface area contributed by atoms with E-state index in [1.54, 1.807) is 0 Å². The Morgan fingerprint density at radius 1 is 1.05 bits per heavy atom. The van der Waals surface area contributed by atoms with Crippen LogP contribution in [0.2, 0.25) is 0 Å². The van der Waals surface area contributed by atoms with Crippen LogP contribution >= 0.6 is 0 Å². The minimum atomic E-state index is -0.954. The van der Waals surface area contributed by atoms with Crippen LogP contribution < -0.4 is 0 Å². The smallest absolute Gasteiger partial charge is 0.307 e. The van der Waals surface area contributed by atoms with Gasteiger partial charge in [-0.25, -0.2) is 0 Å². The van der Waals surface area contributed by atoms with E-state index in [4.69, 9.17) is 0 Å². The van der Waals surface area contributed by atoms with Gasteiger partial charge in [-0.3, -0.25) is 9.59 Å². The van der Waals surface area contributed by atoms with Gasteiger partial charge in [-0.05, 0) is 55.6 Å². The number of carboxylic acids is 2. The first-order chi connectivity index (χ1) is 9.90. The lowest BCUT2D eigenvalue weighted by Gasteiger charge is -2.32. The van der Waals surface area contributed by atoms with Crippen molar-refractivity contribution in [1.29, 1.82) is 0 Å². The number of hydrogen-bond acceptors (Lipinski definition) is 2. The van der Waals surface area contributed by atoms with Crippen LogP contribution in [0.15, 0.2) is 18.2 Å². The maximum absolute atomic E-state index is 11.6. The molecule has 0 amide bonds. The fourth-order valence-corrected chi connectivity index (χ4v) is 4.57. The summed E-state index contributed by atoms with van der Waals surface area (Å²) in [7, 11) is 0. The lowest BCUT2D eigenvalue weighted by molar-refractivity contribution is -0.156. The van der Waals surface area contributed by atoms with E-state index in [0.29, 0.717) is 0 Å². The van der Waals surface area contributed by atoms with Gasteiger partial charge in [0.25, 0.3) is 0 Å². The van der Waals surface area contributed by atoms with Gasteiger partial charge in [0.1, 0.15) is 0 Å². The van der Waals surface area contributed by atoms with Gasteiger partial charge >= 0.3 is 11.9 Å². The Hall–Kier alpha value is -1.84. The second-order valence-electron chi connectivity index (χ2n) is 6.59. The Balaban J connectivity index is 1.97. The van der Waals surface area contributed by atoms with Crippen molar-refractivity contribution in [2.75, 3.05) is 0 Å². The SMILES string of the molecule is Cc1ccc(C)c([C@@H]2C[C@H]3C[C@H]2[C@H](C(=O)O)[C@H]3C(=O)O)c1. The minimum Gasteiger partial charge on any atom is -0.481 e. The molecule has 21 heavy (non-hydrogen) atoms. The zero-order valence-corrected chi connectivity index (χ0v) is 12.2. The van der Waals surface area contributed by atoms with Crippen LogP contribution in [0.5, 0.6) is 0 Å². The Morgan fingerprint density at radius 3 is 2.33 bits per heavy atom. The highest BCUT2D eigenvalue weighted by Crippen LogP contribution is 2.59. The van der Waals surface area contributed by atoms with Crippen molar-refractivity contribution < 1.29 is 19.8 Å². The van der Waals surface area contributed by atoms with Crippen LogP contribution in [-0.4, -0.2) is 22.2 Å². The summed E-state index contributed by atoms with van der Waals surface area (Å²) < 4.78 is 0. The molecule has 2 bridgehead atoms. The molecule has 2 saturated carbocycles. The molecule has 1 aromatic carbocycles. The molecule has 0 heterocycles. The third kappa shape index (κ3) is 2.13. The predicted molar refractivity (Wildman–Crippen MR) is 77.1 cm³/mol. The Kier molecular flexibility index (Phi) is 3.27. The molecule has 4 nitrogen and oxygen atoms in total. The van der Waals surface area contributed by atoms with E-state index >= 15 is 0 Å². The molecule has 3 rings (SSSR count). The first-order valence-electron chi connectivity index (χ1n) is 7.43. The molecule has 0 spiro atoms. The average Bonchev–Trinajstić information content (AvgIpc) is 2.98. The lowest BCUT2D eigenvalue weighted by Crippen LogP contribution is -2.37. The fourth-order valence-electron chi connectivity index (χ4n) is 4.57. The molecule has 112 valence electrons. The largest absolute Gasteiger partial charge is 0.481 e. The van der Waals surface area contributed by atoms with E-state index in [2.05, 4.69) is 18.2 Å². The predicted octanol–water partition coefficient (Wildman–Crippen LogP) is 2.83. The fraction of sp³-hybridized carbons (Fsp3) is 0.529. The molecule has 5 atom stereocenters. The summed E-state index contributed by atoms with van der Waals surface area (Å²) >= 11 is 0. The summed E-state index contributed by atoms with van der Waals surface area (Å²) in [4.78, 5) is 23.0. The second-order valence-corrected chi connectivity index (χ2v) is 6.59. The van der Waals surface area contributed by atoms with Crippen molar-refractivity contribution in [1.82, 2.24) is 0 Å². The molecule has 2 aliphatic carbocycles. The Morgan fingerprint density at radius 2 is 1.71 bits per heavy atom. The topological polar surface area (TPSA) is 74.6 Å². The molecule has 1 aromatic rings. The number of aryl methyl sites for hydroxylation is 2. The maximum Gasteiger partial charge on any atom is 0.307 e.